The summed E-state index contributed by atoms with van der Waals surface area (Å²) in [5, 5.41) is 0. The molecule has 0 aliphatic heterocycles. The third kappa shape index (κ3) is 0.725. The summed E-state index contributed by atoms with van der Waals surface area (Å²) in [7, 11) is 0. The molecule has 1 heteroatoms. The van der Waals surface area contributed by atoms with Gasteiger partial charge in [-0.15, -0.1) is 0 Å². The van der Waals surface area contributed by atoms with Crippen molar-refractivity contribution in [3.05, 3.63) is 0 Å². The maximum atomic E-state index is 11.8. The van der Waals surface area contributed by atoms with E-state index in [-0.39, 0.29) is 5.41 Å². The molecule has 0 bridgehead atoms. The van der Waals surface area contributed by atoms with Crippen molar-refractivity contribution in [3.63, 3.8) is 0 Å². The first kappa shape index (κ1) is 8.28. The first-order chi connectivity index (χ1) is 5.53. The Bertz CT molecular complexity index is 225. The van der Waals surface area contributed by atoms with Gasteiger partial charge in [-0.1, -0.05) is 20.8 Å². The molecule has 0 amide bonds. The van der Waals surface area contributed by atoms with Crippen LogP contribution >= 0.6 is 0 Å². The van der Waals surface area contributed by atoms with Gasteiger partial charge in [-0.2, -0.15) is 0 Å². The average molecular weight is 166 g/mol. The maximum Gasteiger partial charge on any atom is 0.139 e. The summed E-state index contributed by atoms with van der Waals surface area (Å²) in [5.74, 6) is 1.24. The molecule has 0 radical (unpaired) electrons. The van der Waals surface area contributed by atoms with Gasteiger partial charge >= 0.3 is 0 Å². The first-order valence-electron chi connectivity index (χ1n) is 5.06. The standard InChI is InChI=1S/C11H18O/c1-4-11-6-5-8(11)10(2,3)7-9(11)12/h8H,4-7H2,1-3H3. The lowest BCUT2D eigenvalue weighted by molar-refractivity contribution is -0.133. The molecule has 0 aromatic carbocycles. The predicted molar refractivity (Wildman–Crippen MR) is 48.9 cm³/mol. The minimum absolute atomic E-state index is 0.128. The highest BCUT2D eigenvalue weighted by Crippen LogP contribution is 2.64. The van der Waals surface area contributed by atoms with Gasteiger partial charge in [0.15, 0.2) is 0 Å². The smallest absolute Gasteiger partial charge is 0.139 e. The van der Waals surface area contributed by atoms with Gasteiger partial charge in [0.25, 0.3) is 0 Å². The highest BCUT2D eigenvalue weighted by molar-refractivity contribution is 5.89. The zero-order valence-corrected chi connectivity index (χ0v) is 8.31. The molecule has 0 heterocycles. The topological polar surface area (TPSA) is 17.1 Å². The molecule has 2 unspecified atom stereocenters. The summed E-state index contributed by atoms with van der Waals surface area (Å²) >= 11 is 0. The minimum Gasteiger partial charge on any atom is -0.299 e. The Labute approximate surface area is 74.5 Å². The van der Waals surface area contributed by atoms with Gasteiger partial charge < -0.3 is 0 Å². The van der Waals surface area contributed by atoms with Crippen LogP contribution in [0.5, 0.6) is 0 Å². The summed E-state index contributed by atoms with van der Waals surface area (Å²) < 4.78 is 0. The Balaban J connectivity index is 2.33. The summed E-state index contributed by atoms with van der Waals surface area (Å²) in [6.45, 7) is 6.68. The minimum atomic E-state index is 0.128. The Hall–Kier alpha value is -0.330. The molecule has 2 saturated carbocycles. The Morgan fingerprint density at radius 3 is 2.42 bits per heavy atom. The normalized spacial score (nSPS) is 43.9. The zero-order chi connectivity index (χ0) is 8.98. The van der Waals surface area contributed by atoms with Crippen LogP contribution < -0.4 is 0 Å². The highest BCUT2D eigenvalue weighted by atomic mass is 16.1. The van der Waals surface area contributed by atoms with Gasteiger partial charge in [0.2, 0.25) is 0 Å². The number of rotatable bonds is 1. The number of carbonyl (C=O) groups is 1. The quantitative estimate of drug-likeness (QED) is 0.585. The van der Waals surface area contributed by atoms with E-state index < -0.39 is 0 Å². The molecule has 2 rings (SSSR count). The van der Waals surface area contributed by atoms with Gasteiger partial charge in [-0.3, -0.25) is 4.79 Å². The molecule has 1 nitrogen and oxygen atoms in total. The van der Waals surface area contributed by atoms with Crippen LogP contribution in [-0.2, 0) is 4.79 Å². The molecule has 0 saturated heterocycles. The van der Waals surface area contributed by atoms with Crippen molar-refractivity contribution in [3.8, 4) is 0 Å². The van der Waals surface area contributed by atoms with Crippen molar-refractivity contribution in [2.75, 3.05) is 0 Å². The average Bonchev–Trinajstić information content (AvgIpc) is 1.94. The van der Waals surface area contributed by atoms with E-state index in [1.165, 1.54) is 6.42 Å². The molecule has 12 heavy (non-hydrogen) atoms. The number of Topliss-reactive ketones (excluding diaryl/α,β-unsaturated/α-hetero) is 1. The molecule has 2 fully saturated rings. The monoisotopic (exact) mass is 166 g/mol. The Kier molecular flexibility index (Phi) is 1.47. The predicted octanol–water partition coefficient (Wildman–Crippen LogP) is 2.79. The summed E-state index contributed by atoms with van der Waals surface area (Å²) in [6, 6.07) is 0. The Morgan fingerprint density at radius 1 is 1.50 bits per heavy atom. The van der Waals surface area contributed by atoms with Crippen LogP contribution in [0.2, 0.25) is 0 Å². The van der Waals surface area contributed by atoms with E-state index in [2.05, 4.69) is 20.8 Å². The van der Waals surface area contributed by atoms with Crippen LogP contribution in [0.3, 0.4) is 0 Å². The SMILES string of the molecule is CCC12CCC1C(C)(C)CC2=O. The zero-order valence-electron chi connectivity index (χ0n) is 8.31. The molecule has 2 aliphatic carbocycles. The van der Waals surface area contributed by atoms with E-state index in [1.807, 2.05) is 0 Å². The van der Waals surface area contributed by atoms with Crippen molar-refractivity contribution in [2.45, 2.75) is 46.5 Å². The summed E-state index contributed by atoms with van der Waals surface area (Å²) in [5.41, 5.74) is 0.425. The van der Waals surface area contributed by atoms with Crippen molar-refractivity contribution < 1.29 is 4.79 Å². The van der Waals surface area contributed by atoms with E-state index in [0.717, 1.165) is 19.3 Å². The van der Waals surface area contributed by atoms with Gasteiger partial charge in [0, 0.05) is 11.8 Å². The summed E-state index contributed by atoms with van der Waals surface area (Å²) in [6.07, 6.45) is 4.34. The van der Waals surface area contributed by atoms with Gasteiger partial charge in [-0.05, 0) is 30.6 Å². The number of hydrogen-bond acceptors (Lipinski definition) is 1. The van der Waals surface area contributed by atoms with Gasteiger partial charge in [0.1, 0.15) is 5.78 Å². The molecule has 0 aromatic heterocycles. The second-order valence-corrected chi connectivity index (χ2v) is 5.19. The molecule has 68 valence electrons. The first-order valence-corrected chi connectivity index (χ1v) is 5.06. The second kappa shape index (κ2) is 2.12. The van der Waals surface area contributed by atoms with E-state index in [9.17, 15) is 4.79 Å². The van der Waals surface area contributed by atoms with Crippen molar-refractivity contribution in [1.82, 2.24) is 0 Å². The van der Waals surface area contributed by atoms with Gasteiger partial charge in [-0.25, -0.2) is 0 Å². The lowest BCUT2D eigenvalue weighted by atomic mass is 9.55. The highest BCUT2D eigenvalue weighted by Gasteiger charge is 2.62. The van der Waals surface area contributed by atoms with Crippen molar-refractivity contribution in [1.29, 1.82) is 0 Å². The van der Waals surface area contributed by atoms with Crippen molar-refractivity contribution >= 4 is 5.78 Å². The molecule has 0 aromatic rings. The van der Waals surface area contributed by atoms with E-state index in [0.29, 0.717) is 17.1 Å². The number of hydrogen-bond donors (Lipinski definition) is 0. The third-order valence-corrected chi connectivity index (χ3v) is 4.29. The van der Waals surface area contributed by atoms with Crippen molar-refractivity contribution in [2.24, 2.45) is 16.7 Å². The Morgan fingerprint density at radius 2 is 2.17 bits per heavy atom. The van der Waals surface area contributed by atoms with Crippen LogP contribution in [0.25, 0.3) is 0 Å². The molecule has 2 aliphatic rings. The van der Waals surface area contributed by atoms with Crippen LogP contribution in [0.15, 0.2) is 0 Å². The molecule has 0 N–H and O–H groups in total. The third-order valence-electron chi connectivity index (χ3n) is 4.29. The lowest BCUT2D eigenvalue weighted by Crippen LogP contribution is -2.43. The van der Waals surface area contributed by atoms with Crippen LogP contribution in [0.4, 0.5) is 0 Å². The van der Waals surface area contributed by atoms with Crippen LogP contribution in [0, 0.1) is 16.7 Å². The van der Waals surface area contributed by atoms with E-state index >= 15 is 0 Å². The fraction of sp³-hybridized carbons (Fsp3) is 0.909. The molecular weight excluding hydrogens is 148 g/mol. The van der Waals surface area contributed by atoms with E-state index in [1.54, 1.807) is 0 Å². The van der Waals surface area contributed by atoms with E-state index in [4.69, 9.17) is 0 Å². The van der Waals surface area contributed by atoms with Crippen LogP contribution in [-0.4, -0.2) is 5.78 Å². The molecule has 0 spiro atoms. The second-order valence-electron chi connectivity index (χ2n) is 5.19. The van der Waals surface area contributed by atoms with Gasteiger partial charge in [0.05, 0.1) is 0 Å². The van der Waals surface area contributed by atoms with Crippen LogP contribution in [0.1, 0.15) is 46.5 Å². The number of carbonyl (C=O) groups excluding carboxylic acids is 1. The number of fused-ring (bicyclic) bond motifs is 1. The largest absolute Gasteiger partial charge is 0.299 e. The fourth-order valence-corrected chi connectivity index (χ4v) is 3.44. The molecular formula is C11H18O. The lowest BCUT2D eigenvalue weighted by Gasteiger charge is -2.47. The summed E-state index contributed by atoms with van der Waals surface area (Å²) in [4.78, 5) is 11.8. The molecule has 2 atom stereocenters. The number of ketones is 1. The fourth-order valence-electron chi connectivity index (χ4n) is 3.44. The maximum absolute atomic E-state index is 11.8.